The van der Waals surface area contributed by atoms with E-state index in [-0.39, 0.29) is 5.78 Å². The molecule has 3 heteroatoms. The summed E-state index contributed by atoms with van der Waals surface area (Å²) < 4.78 is 0. The molecule has 0 aromatic heterocycles. The van der Waals surface area contributed by atoms with Crippen LogP contribution in [0.3, 0.4) is 0 Å². The second kappa shape index (κ2) is 4.62. The van der Waals surface area contributed by atoms with Gasteiger partial charge in [-0.05, 0) is 19.8 Å². The molecule has 0 radical (unpaired) electrons. The van der Waals surface area contributed by atoms with Crippen LogP contribution in [-0.4, -0.2) is 5.78 Å². The van der Waals surface area contributed by atoms with Gasteiger partial charge in [0.2, 0.25) is 0 Å². The summed E-state index contributed by atoms with van der Waals surface area (Å²) in [6, 6.07) is 3.77. The molecule has 0 heterocycles. The van der Waals surface area contributed by atoms with Crippen molar-refractivity contribution in [3.8, 4) is 12.1 Å². The number of nitrogens with zero attached hydrogens (tertiary/aromatic N) is 2. The molecule has 0 rings (SSSR count). The Morgan fingerprint density at radius 3 is 2.15 bits per heavy atom. The molecule has 13 heavy (non-hydrogen) atoms. The fourth-order valence-corrected chi connectivity index (χ4v) is 1.11. The van der Waals surface area contributed by atoms with E-state index in [1.165, 1.54) is 6.92 Å². The van der Waals surface area contributed by atoms with Gasteiger partial charge < -0.3 is 0 Å². The number of ketones is 1. The van der Waals surface area contributed by atoms with Gasteiger partial charge in [-0.3, -0.25) is 4.79 Å². The third kappa shape index (κ3) is 2.87. The van der Waals surface area contributed by atoms with Crippen LogP contribution in [0.15, 0.2) is 0 Å². The molecule has 0 fully saturated rings. The molecule has 3 nitrogen and oxygen atoms in total. The maximum atomic E-state index is 11.2. The lowest BCUT2D eigenvalue weighted by molar-refractivity contribution is -0.126. The minimum Gasteiger partial charge on any atom is -0.299 e. The molecular weight excluding hydrogens is 164 g/mol. The van der Waals surface area contributed by atoms with Gasteiger partial charge in [0.25, 0.3) is 0 Å². The first-order valence-corrected chi connectivity index (χ1v) is 4.30. The van der Waals surface area contributed by atoms with Crippen LogP contribution in [0.25, 0.3) is 0 Å². The SMILES string of the molecule is CC[C@](C)(CC(C#N)C#N)C(C)=O. The lowest BCUT2D eigenvalue weighted by Gasteiger charge is -2.24. The third-order valence-corrected chi connectivity index (χ3v) is 2.60. The van der Waals surface area contributed by atoms with Gasteiger partial charge in [-0.2, -0.15) is 10.5 Å². The highest BCUT2D eigenvalue weighted by Crippen LogP contribution is 2.30. The summed E-state index contributed by atoms with van der Waals surface area (Å²) >= 11 is 0. The van der Waals surface area contributed by atoms with E-state index in [0.29, 0.717) is 12.8 Å². The maximum absolute atomic E-state index is 11.2. The van der Waals surface area contributed by atoms with Crippen LogP contribution in [0.1, 0.15) is 33.6 Å². The molecule has 0 aromatic rings. The van der Waals surface area contributed by atoms with Gasteiger partial charge in [-0.1, -0.05) is 13.8 Å². The highest BCUT2D eigenvalue weighted by molar-refractivity contribution is 5.81. The second-order valence-electron chi connectivity index (χ2n) is 3.49. The van der Waals surface area contributed by atoms with E-state index < -0.39 is 11.3 Å². The molecular formula is C10H14N2O. The Morgan fingerprint density at radius 1 is 1.46 bits per heavy atom. The van der Waals surface area contributed by atoms with Gasteiger partial charge in [0.15, 0.2) is 0 Å². The molecule has 0 N–H and O–H groups in total. The normalized spacial score (nSPS) is 14.3. The fourth-order valence-electron chi connectivity index (χ4n) is 1.11. The molecule has 0 amide bonds. The van der Waals surface area contributed by atoms with Crippen molar-refractivity contribution in [1.29, 1.82) is 10.5 Å². The second-order valence-corrected chi connectivity index (χ2v) is 3.49. The standard InChI is InChI=1S/C10H14N2O/c1-4-10(3,8(2)13)5-9(6-11)7-12/h9H,4-5H2,1-3H3/t10-/m1/s1. The summed E-state index contributed by atoms with van der Waals surface area (Å²) in [7, 11) is 0. The molecule has 70 valence electrons. The van der Waals surface area contributed by atoms with Crippen molar-refractivity contribution in [2.75, 3.05) is 0 Å². The number of hydrogen-bond acceptors (Lipinski definition) is 3. The van der Waals surface area contributed by atoms with E-state index >= 15 is 0 Å². The molecule has 0 spiro atoms. The van der Waals surface area contributed by atoms with Crippen LogP contribution in [0, 0.1) is 34.0 Å². The summed E-state index contributed by atoms with van der Waals surface area (Å²) in [4.78, 5) is 11.2. The van der Waals surface area contributed by atoms with Crippen LogP contribution < -0.4 is 0 Å². The highest BCUT2D eigenvalue weighted by atomic mass is 16.1. The average molecular weight is 178 g/mol. The maximum Gasteiger partial charge on any atom is 0.135 e. The largest absolute Gasteiger partial charge is 0.299 e. The molecule has 0 aliphatic carbocycles. The quantitative estimate of drug-likeness (QED) is 0.661. The third-order valence-electron chi connectivity index (χ3n) is 2.60. The van der Waals surface area contributed by atoms with Gasteiger partial charge in [0.1, 0.15) is 11.7 Å². The van der Waals surface area contributed by atoms with E-state index in [9.17, 15) is 4.79 Å². The van der Waals surface area contributed by atoms with Crippen molar-refractivity contribution in [2.24, 2.45) is 11.3 Å². The monoisotopic (exact) mass is 178 g/mol. The van der Waals surface area contributed by atoms with Crippen molar-refractivity contribution < 1.29 is 4.79 Å². The molecule has 0 aromatic carbocycles. The summed E-state index contributed by atoms with van der Waals surface area (Å²) in [5.74, 6) is -0.626. The first-order valence-electron chi connectivity index (χ1n) is 4.30. The van der Waals surface area contributed by atoms with Crippen LogP contribution in [0.4, 0.5) is 0 Å². The Hall–Kier alpha value is -1.35. The Morgan fingerprint density at radius 2 is 1.92 bits per heavy atom. The van der Waals surface area contributed by atoms with E-state index in [0.717, 1.165) is 0 Å². The predicted octanol–water partition coefficient (Wildman–Crippen LogP) is 2.05. The van der Waals surface area contributed by atoms with E-state index in [2.05, 4.69) is 0 Å². The Kier molecular flexibility index (Phi) is 4.14. The van der Waals surface area contributed by atoms with Crippen LogP contribution in [0.5, 0.6) is 0 Å². The Balaban J connectivity index is 4.57. The molecule has 0 saturated carbocycles. The number of hydrogen-bond donors (Lipinski definition) is 0. The zero-order valence-electron chi connectivity index (χ0n) is 8.29. The summed E-state index contributed by atoms with van der Waals surface area (Å²) in [6.45, 7) is 5.21. The van der Waals surface area contributed by atoms with Crippen molar-refractivity contribution in [3.05, 3.63) is 0 Å². The van der Waals surface area contributed by atoms with Gasteiger partial charge in [-0.15, -0.1) is 0 Å². The number of rotatable bonds is 4. The summed E-state index contributed by atoms with van der Waals surface area (Å²) in [6.07, 6.45) is 1.01. The molecule has 1 atom stereocenters. The predicted molar refractivity (Wildman–Crippen MR) is 48.4 cm³/mol. The zero-order chi connectivity index (χ0) is 10.5. The van der Waals surface area contributed by atoms with Crippen LogP contribution in [0.2, 0.25) is 0 Å². The lowest BCUT2D eigenvalue weighted by Crippen LogP contribution is -2.27. The van der Waals surface area contributed by atoms with Gasteiger partial charge in [0.05, 0.1) is 12.1 Å². The van der Waals surface area contributed by atoms with Crippen molar-refractivity contribution in [1.82, 2.24) is 0 Å². The molecule has 0 bridgehead atoms. The van der Waals surface area contributed by atoms with Crippen molar-refractivity contribution >= 4 is 5.78 Å². The van der Waals surface area contributed by atoms with Gasteiger partial charge in [0, 0.05) is 5.41 Å². The highest BCUT2D eigenvalue weighted by Gasteiger charge is 2.30. The molecule has 0 aliphatic rings. The fraction of sp³-hybridized carbons (Fsp3) is 0.700. The molecule has 0 aliphatic heterocycles. The number of nitriles is 2. The van der Waals surface area contributed by atoms with Gasteiger partial charge >= 0.3 is 0 Å². The van der Waals surface area contributed by atoms with Crippen LogP contribution in [-0.2, 0) is 4.79 Å². The van der Waals surface area contributed by atoms with Crippen molar-refractivity contribution in [2.45, 2.75) is 33.6 Å². The zero-order valence-corrected chi connectivity index (χ0v) is 8.29. The lowest BCUT2D eigenvalue weighted by atomic mass is 9.76. The topological polar surface area (TPSA) is 64.7 Å². The number of carbonyl (C=O) groups is 1. The average Bonchev–Trinajstić information content (AvgIpc) is 2.13. The van der Waals surface area contributed by atoms with E-state index in [1.54, 1.807) is 6.92 Å². The first kappa shape index (κ1) is 11.6. The molecule has 0 saturated heterocycles. The van der Waals surface area contributed by atoms with Crippen LogP contribution >= 0.6 is 0 Å². The smallest absolute Gasteiger partial charge is 0.135 e. The Bertz CT molecular complexity index is 258. The van der Waals surface area contributed by atoms with Gasteiger partial charge in [-0.25, -0.2) is 0 Å². The van der Waals surface area contributed by atoms with E-state index in [4.69, 9.17) is 10.5 Å². The Labute approximate surface area is 79.0 Å². The van der Waals surface area contributed by atoms with E-state index in [1.807, 2.05) is 19.1 Å². The number of Topliss-reactive ketones (excluding diaryl/α,β-unsaturated/α-hetero) is 1. The number of carbonyl (C=O) groups excluding carboxylic acids is 1. The minimum absolute atomic E-state index is 0.0468. The molecule has 0 unspecified atom stereocenters. The summed E-state index contributed by atoms with van der Waals surface area (Å²) in [5.41, 5.74) is -0.518. The first-order chi connectivity index (χ1) is 6.00. The summed E-state index contributed by atoms with van der Waals surface area (Å²) in [5, 5.41) is 17.2. The van der Waals surface area contributed by atoms with Crippen molar-refractivity contribution in [3.63, 3.8) is 0 Å². The minimum atomic E-state index is -0.672.